The second kappa shape index (κ2) is 7.51. The number of hydrogen-bond donors (Lipinski definition) is 2. The van der Waals surface area contributed by atoms with Crippen LogP contribution in [0.4, 0.5) is 5.69 Å². The molecule has 1 saturated heterocycles. The lowest BCUT2D eigenvalue weighted by atomic mass is 10.1. The molecule has 1 unspecified atom stereocenters. The number of benzene rings is 2. The van der Waals surface area contributed by atoms with E-state index >= 15 is 0 Å². The first kappa shape index (κ1) is 16.5. The Morgan fingerprint density at radius 2 is 1.92 bits per heavy atom. The summed E-state index contributed by atoms with van der Waals surface area (Å²) in [6.07, 6.45) is 1.84. The van der Waals surface area contributed by atoms with Crippen molar-refractivity contribution < 1.29 is 9.53 Å². The molecule has 1 aliphatic rings. The predicted molar refractivity (Wildman–Crippen MR) is 99.5 cm³/mol. The Kier molecular flexibility index (Phi) is 4.77. The molecule has 1 amide bonds. The van der Waals surface area contributed by atoms with Crippen molar-refractivity contribution in [3.05, 3.63) is 78.1 Å². The molecule has 6 nitrogen and oxygen atoms in total. The van der Waals surface area contributed by atoms with Crippen LogP contribution in [0, 0.1) is 0 Å². The zero-order valence-corrected chi connectivity index (χ0v) is 14.3. The maximum absolute atomic E-state index is 12.4. The van der Waals surface area contributed by atoms with Gasteiger partial charge in [0.2, 0.25) is 0 Å². The van der Waals surface area contributed by atoms with Gasteiger partial charge in [-0.25, -0.2) is 4.68 Å². The van der Waals surface area contributed by atoms with Crippen molar-refractivity contribution in [1.82, 2.24) is 15.1 Å². The summed E-state index contributed by atoms with van der Waals surface area (Å²) in [5.74, 6) is -0.233. The first-order valence-electron chi connectivity index (χ1n) is 8.64. The number of amides is 1. The van der Waals surface area contributed by atoms with Crippen LogP contribution in [0.1, 0.15) is 22.2 Å². The molecule has 1 atom stereocenters. The number of rotatable bonds is 4. The SMILES string of the molecule is O=C(Nc1ccc(C2CNCCO2)cc1)c1ccn(-c2ccccc2)n1. The lowest BCUT2D eigenvalue weighted by molar-refractivity contribution is 0.0277. The summed E-state index contributed by atoms with van der Waals surface area (Å²) in [5.41, 5.74) is 3.12. The highest BCUT2D eigenvalue weighted by Gasteiger charge is 2.16. The van der Waals surface area contributed by atoms with E-state index in [4.69, 9.17) is 4.74 Å². The number of nitrogens with one attached hydrogen (secondary N) is 2. The monoisotopic (exact) mass is 348 g/mol. The highest BCUT2D eigenvalue weighted by atomic mass is 16.5. The number of morpholine rings is 1. The highest BCUT2D eigenvalue weighted by Crippen LogP contribution is 2.21. The van der Waals surface area contributed by atoms with E-state index < -0.39 is 0 Å². The Morgan fingerprint density at radius 3 is 2.65 bits per heavy atom. The fourth-order valence-corrected chi connectivity index (χ4v) is 2.93. The van der Waals surface area contributed by atoms with Gasteiger partial charge in [-0.05, 0) is 35.9 Å². The van der Waals surface area contributed by atoms with Gasteiger partial charge in [0.25, 0.3) is 5.91 Å². The Balaban J connectivity index is 1.42. The van der Waals surface area contributed by atoms with E-state index in [2.05, 4.69) is 15.7 Å². The van der Waals surface area contributed by atoms with Gasteiger partial charge in [0.15, 0.2) is 5.69 Å². The van der Waals surface area contributed by atoms with E-state index in [1.54, 1.807) is 16.9 Å². The van der Waals surface area contributed by atoms with Crippen LogP contribution < -0.4 is 10.6 Å². The third kappa shape index (κ3) is 3.66. The number of carbonyl (C=O) groups is 1. The molecule has 3 aromatic rings. The minimum atomic E-state index is -0.233. The number of anilines is 1. The number of para-hydroxylation sites is 1. The van der Waals surface area contributed by atoms with Crippen molar-refractivity contribution >= 4 is 11.6 Å². The number of ether oxygens (including phenoxy) is 1. The van der Waals surface area contributed by atoms with E-state index in [9.17, 15) is 4.79 Å². The summed E-state index contributed by atoms with van der Waals surface area (Å²) in [6.45, 7) is 2.41. The van der Waals surface area contributed by atoms with E-state index in [-0.39, 0.29) is 12.0 Å². The molecule has 26 heavy (non-hydrogen) atoms. The molecule has 1 fully saturated rings. The van der Waals surface area contributed by atoms with Gasteiger partial charge in [0.1, 0.15) is 0 Å². The van der Waals surface area contributed by atoms with Crippen molar-refractivity contribution in [2.24, 2.45) is 0 Å². The maximum atomic E-state index is 12.4. The molecule has 2 aromatic carbocycles. The van der Waals surface area contributed by atoms with Gasteiger partial charge in [0, 0.05) is 25.0 Å². The van der Waals surface area contributed by atoms with Crippen LogP contribution in [0.25, 0.3) is 5.69 Å². The molecular formula is C20H20N4O2. The first-order valence-corrected chi connectivity index (χ1v) is 8.64. The van der Waals surface area contributed by atoms with Gasteiger partial charge in [0.05, 0.1) is 18.4 Å². The molecule has 0 spiro atoms. The molecule has 132 valence electrons. The third-order valence-corrected chi connectivity index (χ3v) is 4.31. The zero-order chi connectivity index (χ0) is 17.8. The van der Waals surface area contributed by atoms with Crippen LogP contribution in [0.5, 0.6) is 0 Å². The molecule has 0 bridgehead atoms. The Labute approximate surface area is 151 Å². The van der Waals surface area contributed by atoms with E-state index in [1.807, 2.05) is 54.6 Å². The van der Waals surface area contributed by atoms with Crippen molar-refractivity contribution in [2.45, 2.75) is 6.10 Å². The summed E-state index contributed by atoms with van der Waals surface area (Å²) in [6, 6.07) is 19.1. The van der Waals surface area contributed by atoms with Crippen molar-refractivity contribution in [3.8, 4) is 5.69 Å². The number of nitrogens with zero attached hydrogens (tertiary/aromatic N) is 2. The minimum Gasteiger partial charge on any atom is -0.371 e. The largest absolute Gasteiger partial charge is 0.371 e. The molecule has 0 radical (unpaired) electrons. The van der Waals surface area contributed by atoms with Crippen molar-refractivity contribution in [3.63, 3.8) is 0 Å². The van der Waals surface area contributed by atoms with E-state index in [0.717, 1.165) is 30.0 Å². The minimum absolute atomic E-state index is 0.0649. The standard InChI is InChI=1S/C20H20N4O2/c25-20(18-10-12-24(23-18)17-4-2-1-3-5-17)22-16-8-6-15(7-9-16)19-14-21-11-13-26-19/h1-10,12,19,21H,11,13-14H2,(H,22,25). The fraction of sp³-hybridized carbons (Fsp3) is 0.200. The van der Waals surface area contributed by atoms with Crippen LogP contribution in [-0.4, -0.2) is 35.4 Å². The summed E-state index contributed by atoms with van der Waals surface area (Å²) < 4.78 is 7.42. The smallest absolute Gasteiger partial charge is 0.276 e. The molecule has 0 saturated carbocycles. The number of carbonyl (C=O) groups excluding carboxylic acids is 1. The summed E-state index contributed by atoms with van der Waals surface area (Å²) >= 11 is 0. The first-order chi connectivity index (χ1) is 12.8. The van der Waals surface area contributed by atoms with Crippen molar-refractivity contribution in [1.29, 1.82) is 0 Å². The van der Waals surface area contributed by atoms with Gasteiger partial charge in [-0.3, -0.25) is 4.79 Å². The predicted octanol–water partition coefficient (Wildman–Crippen LogP) is 2.79. The highest BCUT2D eigenvalue weighted by molar-refractivity contribution is 6.02. The van der Waals surface area contributed by atoms with Crippen LogP contribution in [0.15, 0.2) is 66.9 Å². The van der Waals surface area contributed by atoms with Crippen LogP contribution in [0.3, 0.4) is 0 Å². The molecular weight excluding hydrogens is 328 g/mol. The average molecular weight is 348 g/mol. The molecule has 2 N–H and O–H groups in total. The lowest BCUT2D eigenvalue weighted by Gasteiger charge is -2.24. The van der Waals surface area contributed by atoms with E-state index in [1.165, 1.54) is 0 Å². The van der Waals surface area contributed by atoms with E-state index in [0.29, 0.717) is 12.3 Å². The molecule has 6 heteroatoms. The van der Waals surface area contributed by atoms with Crippen LogP contribution in [-0.2, 0) is 4.74 Å². The lowest BCUT2D eigenvalue weighted by Crippen LogP contribution is -2.33. The summed E-state index contributed by atoms with van der Waals surface area (Å²) in [5, 5.41) is 10.5. The Morgan fingerprint density at radius 1 is 1.12 bits per heavy atom. The third-order valence-electron chi connectivity index (χ3n) is 4.31. The Hall–Kier alpha value is -2.96. The topological polar surface area (TPSA) is 68.2 Å². The molecule has 2 heterocycles. The van der Waals surface area contributed by atoms with Gasteiger partial charge in [-0.2, -0.15) is 5.10 Å². The van der Waals surface area contributed by atoms with Crippen molar-refractivity contribution in [2.75, 3.05) is 25.0 Å². The second-order valence-electron chi connectivity index (χ2n) is 6.12. The zero-order valence-electron chi connectivity index (χ0n) is 14.3. The average Bonchev–Trinajstić information content (AvgIpc) is 3.20. The van der Waals surface area contributed by atoms with Gasteiger partial charge in [-0.15, -0.1) is 0 Å². The van der Waals surface area contributed by atoms with Crippen LogP contribution >= 0.6 is 0 Å². The van der Waals surface area contributed by atoms with Crippen LogP contribution in [0.2, 0.25) is 0 Å². The Bertz CT molecular complexity index is 868. The van der Waals surface area contributed by atoms with Gasteiger partial charge >= 0.3 is 0 Å². The number of hydrogen-bond acceptors (Lipinski definition) is 4. The maximum Gasteiger partial charge on any atom is 0.276 e. The normalized spacial score (nSPS) is 17.0. The molecule has 1 aliphatic heterocycles. The van der Waals surface area contributed by atoms with Gasteiger partial charge in [-0.1, -0.05) is 30.3 Å². The summed E-state index contributed by atoms with van der Waals surface area (Å²) in [7, 11) is 0. The number of aromatic nitrogens is 2. The fourth-order valence-electron chi connectivity index (χ4n) is 2.93. The second-order valence-corrected chi connectivity index (χ2v) is 6.12. The molecule has 1 aromatic heterocycles. The van der Waals surface area contributed by atoms with Gasteiger partial charge < -0.3 is 15.4 Å². The molecule has 0 aliphatic carbocycles. The summed E-state index contributed by atoms with van der Waals surface area (Å²) in [4.78, 5) is 12.4. The quantitative estimate of drug-likeness (QED) is 0.761. The molecule has 4 rings (SSSR count).